The summed E-state index contributed by atoms with van der Waals surface area (Å²) in [4.78, 5) is 14.8. The summed E-state index contributed by atoms with van der Waals surface area (Å²) in [5.41, 5.74) is 2.94. The molecule has 1 N–H and O–H groups in total. The third-order valence-electron chi connectivity index (χ3n) is 5.31. The van der Waals surface area contributed by atoms with Crippen LogP contribution in [0.2, 0.25) is 0 Å². The van der Waals surface area contributed by atoms with Crippen molar-refractivity contribution in [1.29, 1.82) is 0 Å². The Kier molecular flexibility index (Phi) is 5.38. The number of carbonyl (C=O) groups is 1. The van der Waals surface area contributed by atoms with E-state index in [1.165, 1.54) is 0 Å². The molecule has 0 saturated heterocycles. The molecule has 6 nitrogen and oxygen atoms in total. The van der Waals surface area contributed by atoms with E-state index >= 15 is 0 Å². The Hall–Kier alpha value is -2.54. The highest BCUT2D eigenvalue weighted by Crippen LogP contribution is 2.38. The molecule has 0 bridgehead atoms. The number of fused-ring (bicyclic) bond motifs is 1. The zero-order valence-corrected chi connectivity index (χ0v) is 18.6. The molecule has 7 heteroatoms. The molecule has 3 rings (SSSR count). The number of hydrogen-bond donors (Lipinski definition) is 1. The first-order chi connectivity index (χ1) is 13.5. The van der Waals surface area contributed by atoms with Crippen molar-refractivity contribution in [2.24, 2.45) is 5.41 Å². The van der Waals surface area contributed by atoms with Crippen molar-refractivity contribution < 1.29 is 17.9 Å². The van der Waals surface area contributed by atoms with Crippen LogP contribution in [0.25, 0.3) is 0 Å². The molecule has 0 radical (unpaired) electrons. The van der Waals surface area contributed by atoms with E-state index in [9.17, 15) is 13.2 Å². The standard InChI is InChI=1S/C22H28N2O4S/c1-7-24-18-12-17(8-9-19(18)28-13-22(5,6)21(24)25)23-29(26,27)20-11-15(3)14(2)10-16(20)4/h8-12,23H,7,13H2,1-6H3. The molecular formula is C22H28N2O4S. The first-order valence-electron chi connectivity index (χ1n) is 9.66. The third kappa shape index (κ3) is 3.96. The van der Waals surface area contributed by atoms with Crippen LogP contribution in [-0.2, 0) is 14.8 Å². The van der Waals surface area contributed by atoms with Crippen LogP contribution in [0.15, 0.2) is 35.2 Å². The topological polar surface area (TPSA) is 75.7 Å². The van der Waals surface area contributed by atoms with E-state index in [1.807, 2.05) is 40.7 Å². The van der Waals surface area contributed by atoms with Crippen LogP contribution in [0.1, 0.15) is 37.5 Å². The van der Waals surface area contributed by atoms with Crippen LogP contribution in [0, 0.1) is 26.2 Å². The summed E-state index contributed by atoms with van der Waals surface area (Å²) in [5.74, 6) is 0.514. The van der Waals surface area contributed by atoms with Crippen LogP contribution in [0.4, 0.5) is 11.4 Å². The highest BCUT2D eigenvalue weighted by molar-refractivity contribution is 7.92. The van der Waals surface area contributed by atoms with Gasteiger partial charge in [-0.3, -0.25) is 9.52 Å². The average molecular weight is 417 g/mol. The smallest absolute Gasteiger partial charge is 0.262 e. The average Bonchev–Trinajstić information content (AvgIpc) is 2.72. The second-order valence-electron chi connectivity index (χ2n) is 8.21. The predicted molar refractivity (Wildman–Crippen MR) is 115 cm³/mol. The molecule has 0 unspecified atom stereocenters. The summed E-state index contributed by atoms with van der Waals surface area (Å²) in [5, 5.41) is 0. The fourth-order valence-electron chi connectivity index (χ4n) is 3.46. The zero-order chi connectivity index (χ0) is 21.6. The summed E-state index contributed by atoms with van der Waals surface area (Å²) in [7, 11) is -3.77. The number of ether oxygens (including phenoxy) is 1. The van der Waals surface area contributed by atoms with Crippen molar-refractivity contribution in [3.05, 3.63) is 47.0 Å². The molecule has 0 aliphatic carbocycles. The molecule has 0 atom stereocenters. The molecule has 0 saturated carbocycles. The van der Waals surface area contributed by atoms with Gasteiger partial charge in [-0.2, -0.15) is 0 Å². The van der Waals surface area contributed by atoms with Gasteiger partial charge >= 0.3 is 0 Å². The Labute approximate surface area is 172 Å². The van der Waals surface area contributed by atoms with Crippen LogP contribution in [0.3, 0.4) is 0 Å². The van der Waals surface area contributed by atoms with Gasteiger partial charge in [-0.05, 0) is 82.5 Å². The van der Waals surface area contributed by atoms with Gasteiger partial charge in [-0.25, -0.2) is 8.42 Å². The van der Waals surface area contributed by atoms with Gasteiger partial charge < -0.3 is 9.64 Å². The number of benzene rings is 2. The number of rotatable bonds is 4. The van der Waals surface area contributed by atoms with Gasteiger partial charge in [-0.1, -0.05) is 6.07 Å². The van der Waals surface area contributed by atoms with Crippen molar-refractivity contribution >= 4 is 27.3 Å². The van der Waals surface area contributed by atoms with Gasteiger partial charge in [-0.15, -0.1) is 0 Å². The van der Waals surface area contributed by atoms with E-state index in [-0.39, 0.29) is 17.4 Å². The lowest BCUT2D eigenvalue weighted by atomic mass is 9.93. The Morgan fingerprint density at radius 3 is 2.38 bits per heavy atom. The minimum absolute atomic E-state index is 0.0521. The molecule has 0 aromatic heterocycles. The minimum Gasteiger partial charge on any atom is -0.490 e. The molecule has 156 valence electrons. The summed E-state index contributed by atoms with van der Waals surface area (Å²) in [6.45, 7) is 11.9. The number of amides is 1. The fraction of sp³-hybridized carbons (Fsp3) is 0.409. The van der Waals surface area contributed by atoms with Crippen LogP contribution < -0.4 is 14.4 Å². The van der Waals surface area contributed by atoms with Crippen molar-refractivity contribution in [1.82, 2.24) is 0 Å². The number of sulfonamides is 1. The third-order valence-corrected chi connectivity index (χ3v) is 6.83. The van der Waals surface area contributed by atoms with E-state index < -0.39 is 15.4 Å². The van der Waals surface area contributed by atoms with Crippen molar-refractivity contribution in [2.75, 3.05) is 22.8 Å². The summed E-state index contributed by atoms with van der Waals surface area (Å²) in [6.07, 6.45) is 0. The lowest BCUT2D eigenvalue weighted by Crippen LogP contribution is -2.42. The first-order valence-corrected chi connectivity index (χ1v) is 11.1. The molecule has 0 fully saturated rings. The Morgan fingerprint density at radius 1 is 1.07 bits per heavy atom. The zero-order valence-electron chi connectivity index (χ0n) is 17.8. The minimum atomic E-state index is -3.77. The van der Waals surface area contributed by atoms with Crippen LogP contribution >= 0.6 is 0 Å². The van der Waals surface area contributed by atoms with Gasteiger partial charge in [0, 0.05) is 6.54 Å². The largest absolute Gasteiger partial charge is 0.490 e. The number of hydrogen-bond acceptors (Lipinski definition) is 4. The number of nitrogens with zero attached hydrogens (tertiary/aromatic N) is 1. The molecular weight excluding hydrogens is 388 g/mol. The van der Waals surface area contributed by atoms with Crippen LogP contribution in [-0.4, -0.2) is 27.5 Å². The van der Waals surface area contributed by atoms with Crippen LogP contribution in [0.5, 0.6) is 5.75 Å². The first kappa shape index (κ1) is 21.2. The normalized spacial score (nSPS) is 16.1. The number of anilines is 2. The second-order valence-corrected chi connectivity index (χ2v) is 9.86. The maximum atomic E-state index is 13.0. The molecule has 2 aromatic rings. The summed E-state index contributed by atoms with van der Waals surface area (Å²) >= 11 is 0. The van der Waals surface area contributed by atoms with E-state index in [4.69, 9.17) is 4.74 Å². The lowest BCUT2D eigenvalue weighted by molar-refractivity contribution is -0.127. The molecule has 1 aliphatic rings. The van der Waals surface area contributed by atoms with E-state index in [2.05, 4.69) is 4.72 Å². The van der Waals surface area contributed by atoms with Crippen molar-refractivity contribution in [3.63, 3.8) is 0 Å². The SMILES string of the molecule is CCN1C(=O)C(C)(C)COc2ccc(NS(=O)(=O)c3cc(C)c(C)cc3C)cc21. The highest BCUT2D eigenvalue weighted by Gasteiger charge is 2.37. The molecule has 1 amide bonds. The van der Waals surface area contributed by atoms with E-state index in [0.717, 1.165) is 11.1 Å². The van der Waals surface area contributed by atoms with Crippen molar-refractivity contribution in [3.8, 4) is 5.75 Å². The van der Waals surface area contributed by atoms with Gasteiger partial charge in [0.25, 0.3) is 10.0 Å². The van der Waals surface area contributed by atoms with Gasteiger partial charge in [0.15, 0.2) is 0 Å². The maximum Gasteiger partial charge on any atom is 0.262 e. The molecule has 29 heavy (non-hydrogen) atoms. The fourth-order valence-corrected chi connectivity index (χ4v) is 4.82. The Bertz CT molecular complexity index is 1070. The maximum absolute atomic E-state index is 13.0. The van der Waals surface area contributed by atoms with E-state index in [0.29, 0.717) is 29.2 Å². The Morgan fingerprint density at radius 2 is 1.72 bits per heavy atom. The van der Waals surface area contributed by atoms with Gasteiger partial charge in [0.2, 0.25) is 5.91 Å². The monoisotopic (exact) mass is 416 g/mol. The van der Waals surface area contributed by atoms with E-state index in [1.54, 1.807) is 36.1 Å². The van der Waals surface area contributed by atoms with Gasteiger partial charge in [0.1, 0.15) is 12.4 Å². The molecule has 1 heterocycles. The molecule has 1 aliphatic heterocycles. The number of carbonyl (C=O) groups excluding carboxylic acids is 1. The van der Waals surface area contributed by atoms with Crippen molar-refractivity contribution in [2.45, 2.75) is 46.4 Å². The Balaban J connectivity index is 2.01. The summed E-state index contributed by atoms with van der Waals surface area (Å²) in [6, 6.07) is 8.57. The second kappa shape index (κ2) is 7.37. The molecule has 0 spiro atoms. The van der Waals surface area contributed by atoms with Gasteiger partial charge in [0.05, 0.1) is 21.7 Å². The number of aryl methyl sites for hydroxylation is 3. The quantitative estimate of drug-likeness (QED) is 0.811. The summed E-state index contributed by atoms with van der Waals surface area (Å²) < 4.78 is 34.5. The predicted octanol–water partition coefficient (Wildman–Crippen LogP) is 4.18. The number of nitrogens with one attached hydrogen (secondary N) is 1. The lowest BCUT2D eigenvalue weighted by Gasteiger charge is -2.27. The molecule has 2 aromatic carbocycles. The highest BCUT2D eigenvalue weighted by atomic mass is 32.2.